The third kappa shape index (κ3) is 3.73. The quantitative estimate of drug-likeness (QED) is 0.425. The van der Waals surface area contributed by atoms with Crippen LogP contribution in [-0.2, 0) is 17.8 Å². The number of carboxylic acid groups (broad SMARTS) is 1. The summed E-state index contributed by atoms with van der Waals surface area (Å²) in [6.07, 6.45) is -0.571. The zero-order valence-electron chi connectivity index (χ0n) is 13.8. The SMILES string of the molecule is N[C@H]1Cc2c(-c3cn[nH]c3)c3c(Br)cc(Cl)c(Cl)c3n2C1.O=C(O)C(F)(F)F. The number of H-pyrrole nitrogens is 1. The molecule has 0 aliphatic carbocycles. The Balaban J connectivity index is 0.000000279. The number of nitrogens with zero attached hydrogens (tertiary/aromatic N) is 2. The highest BCUT2D eigenvalue weighted by Gasteiger charge is 2.38. The molecule has 2 aromatic heterocycles. The fourth-order valence-electron chi connectivity index (χ4n) is 3.15. The second-order valence-electron chi connectivity index (χ2n) is 6.06. The zero-order chi connectivity index (χ0) is 20.8. The molecule has 0 fully saturated rings. The summed E-state index contributed by atoms with van der Waals surface area (Å²) in [7, 11) is 0. The van der Waals surface area contributed by atoms with Crippen LogP contribution in [0.15, 0.2) is 22.9 Å². The molecule has 12 heteroatoms. The van der Waals surface area contributed by atoms with E-state index in [1.165, 1.54) is 5.69 Å². The average molecular weight is 500 g/mol. The lowest BCUT2D eigenvalue weighted by molar-refractivity contribution is -0.192. The summed E-state index contributed by atoms with van der Waals surface area (Å²) in [4.78, 5) is 8.90. The van der Waals surface area contributed by atoms with Gasteiger partial charge in [-0.15, -0.1) is 0 Å². The molecular formula is C16H12BrCl2F3N4O2. The average Bonchev–Trinajstić information content (AvgIpc) is 3.27. The molecule has 0 unspecified atom stereocenters. The van der Waals surface area contributed by atoms with Crippen LogP contribution in [-0.4, -0.2) is 38.1 Å². The molecule has 4 rings (SSSR count). The Morgan fingerprint density at radius 1 is 1.43 bits per heavy atom. The van der Waals surface area contributed by atoms with Gasteiger partial charge in [0.1, 0.15) is 0 Å². The van der Waals surface area contributed by atoms with Crippen LogP contribution in [0.2, 0.25) is 10.0 Å². The fraction of sp³-hybridized carbons (Fsp3) is 0.250. The highest BCUT2D eigenvalue weighted by atomic mass is 79.9. The van der Waals surface area contributed by atoms with Gasteiger partial charge in [-0.2, -0.15) is 18.3 Å². The molecule has 0 saturated carbocycles. The predicted molar refractivity (Wildman–Crippen MR) is 103 cm³/mol. The number of aliphatic carboxylic acids is 1. The van der Waals surface area contributed by atoms with Gasteiger partial charge in [-0.3, -0.25) is 5.10 Å². The van der Waals surface area contributed by atoms with E-state index in [9.17, 15) is 13.2 Å². The number of aromatic nitrogens is 3. The van der Waals surface area contributed by atoms with Crippen LogP contribution in [0.4, 0.5) is 13.2 Å². The Labute approximate surface area is 174 Å². The first-order chi connectivity index (χ1) is 13.0. The molecule has 0 bridgehead atoms. The number of nitrogens with one attached hydrogen (secondary N) is 1. The van der Waals surface area contributed by atoms with E-state index in [0.29, 0.717) is 10.0 Å². The molecule has 4 N–H and O–H groups in total. The molecule has 0 spiro atoms. The Morgan fingerprint density at radius 3 is 2.61 bits per heavy atom. The number of nitrogens with two attached hydrogens (primary N) is 1. The van der Waals surface area contributed by atoms with Crippen LogP contribution in [0.3, 0.4) is 0 Å². The first kappa shape index (κ1) is 21.0. The summed E-state index contributed by atoms with van der Waals surface area (Å²) < 4.78 is 34.8. The molecular weight excluding hydrogens is 488 g/mol. The van der Waals surface area contributed by atoms with Crippen LogP contribution in [0.25, 0.3) is 22.0 Å². The maximum absolute atomic E-state index is 10.6. The molecule has 150 valence electrons. The first-order valence-electron chi connectivity index (χ1n) is 7.75. The minimum absolute atomic E-state index is 0.101. The van der Waals surface area contributed by atoms with E-state index in [2.05, 4.69) is 30.7 Å². The molecule has 3 heterocycles. The lowest BCUT2D eigenvalue weighted by atomic mass is 10.0. The molecule has 0 amide bonds. The van der Waals surface area contributed by atoms with Crippen molar-refractivity contribution in [2.75, 3.05) is 0 Å². The van der Waals surface area contributed by atoms with Crippen LogP contribution < -0.4 is 5.73 Å². The largest absolute Gasteiger partial charge is 0.490 e. The summed E-state index contributed by atoms with van der Waals surface area (Å²) in [5.41, 5.74) is 10.4. The van der Waals surface area contributed by atoms with Crippen molar-refractivity contribution in [1.29, 1.82) is 0 Å². The van der Waals surface area contributed by atoms with Gasteiger partial charge in [0.05, 0.1) is 21.8 Å². The normalized spacial score (nSPS) is 16.0. The molecule has 1 aliphatic heterocycles. The van der Waals surface area contributed by atoms with Crippen molar-refractivity contribution in [3.63, 3.8) is 0 Å². The van der Waals surface area contributed by atoms with Crippen molar-refractivity contribution in [2.45, 2.75) is 25.2 Å². The van der Waals surface area contributed by atoms with Gasteiger partial charge in [-0.25, -0.2) is 4.79 Å². The van der Waals surface area contributed by atoms with Gasteiger partial charge in [0.25, 0.3) is 0 Å². The van der Waals surface area contributed by atoms with Gasteiger partial charge in [0.2, 0.25) is 0 Å². The minimum atomic E-state index is -5.08. The molecule has 1 aromatic carbocycles. The van der Waals surface area contributed by atoms with E-state index in [4.69, 9.17) is 38.8 Å². The number of carbonyl (C=O) groups is 1. The highest BCUT2D eigenvalue weighted by Crippen LogP contribution is 2.46. The zero-order valence-corrected chi connectivity index (χ0v) is 16.9. The van der Waals surface area contributed by atoms with E-state index in [0.717, 1.165) is 39.5 Å². The van der Waals surface area contributed by atoms with Crippen molar-refractivity contribution >= 4 is 56.0 Å². The Morgan fingerprint density at radius 2 is 2.07 bits per heavy atom. The third-order valence-electron chi connectivity index (χ3n) is 4.18. The summed E-state index contributed by atoms with van der Waals surface area (Å²) in [5.74, 6) is -2.76. The van der Waals surface area contributed by atoms with E-state index in [1.54, 1.807) is 0 Å². The number of aromatic amines is 1. The monoisotopic (exact) mass is 498 g/mol. The number of halogens is 6. The molecule has 28 heavy (non-hydrogen) atoms. The van der Waals surface area contributed by atoms with E-state index < -0.39 is 12.1 Å². The second kappa shape index (κ2) is 7.58. The topological polar surface area (TPSA) is 96.9 Å². The summed E-state index contributed by atoms with van der Waals surface area (Å²) in [6, 6.07) is 1.94. The molecule has 3 aromatic rings. The third-order valence-corrected chi connectivity index (χ3v) is 5.59. The van der Waals surface area contributed by atoms with E-state index in [1.807, 2.05) is 18.5 Å². The van der Waals surface area contributed by atoms with Gasteiger partial charge in [0.15, 0.2) is 0 Å². The van der Waals surface area contributed by atoms with Crippen molar-refractivity contribution < 1.29 is 23.1 Å². The predicted octanol–water partition coefficient (Wildman–Crippen LogP) is 4.62. The van der Waals surface area contributed by atoms with Gasteiger partial charge in [0, 0.05) is 51.9 Å². The summed E-state index contributed by atoms with van der Waals surface area (Å²) in [5, 5.41) is 16.2. The number of carboxylic acids is 1. The molecule has 0 radical (unpaired) electrons. The van der Waals surface area contributed by atoms with Crippen LogP contribution >= 0.6 is 39.1 Å². The standard InChI is InChI=1S/C14H11BrCl2N4.C2HF3O2/c15-8-2-9(16)13(17)14-12(8)11(6-3-19-20-4-6)10-1-7(18)5-21(10)14;3-2(4,5)1(6)7/h2-4,7H,1,5,18H2,(H,19,20);(H,6,7)/t7-;/m0./s1. The molecule has 1 atom stereocenters. The van der Waals surface area contributed by atoms with Crippen molar-refractivity contribution in [2.24, 2.45) is 5.73 Å². The van der Waals surface area contributed by atoms with Gasteiger partial charge in [-0.1, -0.05) is 39.1 Å². The number of rotatable bonds is 1. The van der Waals surface area contributed by atoms with E-state index in [-0.39, 0.29) is 6.04 Å². The first-order valence-corrected chi connectivity index (χ1v) is 9.30. The van der Waals surface area contributed by atoms with Crippen LogP contribution in [0, 0.1) is 0 Å². The van der Waals surface area contributed by atoms with Crippen LogP contribution in [0.5, 0.6) is 0 Å². The van der Waals surface area contributed by atoms with Gasteiger partial charge >= 0.3 is 12.1 Å². The van der Waals surface area contributed by atoms with Gasteiger partial charge < -0.3 is 15.4 Å². The maximum atomic E-state index is 10.6. The van der Waals surface area contributed by atoms with Crippen molar-refractivity contribution in [3.8, 4) is 11.1 Å². The van der Waals surface area contributed by atoms with Crippen LogP contribution in [0.1, 0.15) is 5.69 Å². The maximum Gasteiger partial charge on any atom is 0.490 e. The van der Waals surface area contributed by atoms with Crippen molar-refractivity contribution in [1.82, 2.24) is 14.8 Å². The molecule has 1 aliphatic rings. The summed E-state index contributed by atoms with van der Waals surface area (Å²) >= 11 is 16.3. The number of fused-ring (bicyclic) bond motifs is 3. The lowest BCUT2D eigenvalue weighted by Gasteiger charge is -2.08. The summed E-state index contributed by atoms with van der Waals surface area (Å²) in [6.45, 7) is 0.746. The number of benzene rings is 1. The van der Waals surface area contributed by atoms with Crippen molar-refractivity contribution in [3.05, 3.63) is 38.7 Å². The number of hydrogen-bond acceptors (Lipinski definition) is 3. The van der Waals surface area contributed by atoms with Gasteiger partial charge in [-0.05, 0) is 6.07 Å². The lowest BCUT2D eigenvalue weighted by Crippen LogP contribution is -2.21. The number of alkyl halides is 3. The molecule has 0 saturated heterocycles. The second-order valence-corrected chi connectivity index (χ2v) is 7.70. The van der Waals surface area contributed by atoms with E-state index >= 15 is 0 Å². The Bertz CT molecular complexity index is 1050. The minimum Gasteiger partial charge on any atom is -0.475 e. The highest BCUT2D eigenvalue weighted by molar-refractivity contribution is 9.10. The fourth-order valence-corrected chi connectivity index (χ4v) is 4.34. The Kier molecular flexibility index (Phi) is 5.68. The molecule has 6 nitrogen and oxygen atoms in total. The number of hydrogen-bond donors (Lipinski definition) is 3. The smallest absolute Gasteiger partial charge is 0.475 e. The Hall–Kier alpha value is -1.75.